The standard InChI is InChI=1S/C13H16BrN3/c1-10-2-3-11(8-12(10)14)13(9-15)17-6-4-16-5-7-17/h2-3,8,13,16H,4-7H2,1H3. The molecule has 1 aliphatic rings. The van der Waals surface area contributed by atoms with Gasteiger partial charge in [-0.05, 0) is 24.1 Å². The van der Waals surface area contributed by atoms with Crippen LogP contribution in [0.1, 0.15) is 17.2 Å². The molecule has 2 rings (SSSR count). The van der Waals surface area contributed by atoms with E-state index < -0.39 is 0 Å². The van der Waals surface area contributed by atoms with E-state index in [1.807, 2.05) is 0 Å². The van der Waals surface area contributed by atoms with Crippen LogP contribution in [0.5, 0.6) is 0 Å². The molecule has 0 amide bonds. The molecular formula is C13H16BrN3. The van der Waals surface area contributed by atoms with Gasteiger partial charge in [0.25, 0.3) is 0 Å². The molecular weight excluding hydrogens is 278 g/mol. The summed E-state index contributed by atoms with van der Waals surface area (Å²) in [6.45, 7) is 5.85. The van der Waals surface area contributed by atoms with Crippen LogP contribution in [0.3, 0.4) is 0 Å². The Hall–Kier alpha value is -0.890. The zero-order valence-corrected chi connectivity index (χ0v) is 11.5. The maximum absolute atomic E-state index is 9.36. The van der Waals surface area contributed by atoms with E-state index in [4.69, 9.17) is 0 Å². The summed E-state index contributed by atoms with van der Waals surface area (Å²) in [5, 5.41) is 12.7. The molecule has 1 fully saturated rings. The van der Waals surface area contributed by atoms with Crippen molar-refractivity contribution in [3.8, 4) is 6.07 Å². The van der Waals surface area contributed by atoms with Crippen LogP contribution in [-0.2, 0) is 0 Å². The van der Waals surface area contributed by atoms with Gasteiger partial charge in [0.05, 0.1) is 6.07 Å². The first-order valence-electron chi connectivity index (χ1n) is 5.83. The molecule has 17 heavy (non-hydrogen) atoms. The van der Waals surface area contributed by atoms with Crippen LogP contribution in [0.25, 0.3) is 0 Å². The van der Waals surface area contributed by atoms with Gasteiger partial charge >= 0.3 is 0 Å². The second-order valence-electron chi connectivity index (χ2n) is 4.33. The lowest BCUT2D eigenvalue weighted by Gasteiger charge is -2.31. The maximum Gasteiger partial charge on any atom is 0.123 e. The predicted octanol–water partition coefficient (Wildman–Crippen LogP) is 2.23. The Morgan fingerprint density at radius 2 is 2.12 bits per heavy atom. The monoisotopic (exact) mass is 293 g/mol. The summed E-state index contributed by atoms with van der Waals surface area (Å²) in [5.74, 6) is 0. The van der Waals surface area contributed by atoms with Gasteiger partial charge < -0.3 is 5.32 Å². The first-order chi connectivity index (χ1) is 8.22. The van der Waals surface area contributed by atoms with Gasteiger partial charge in [0.15, 0.2) is 0 Å². The average Bonchev–Trinajstić information content (AvgIpc) is 2.36. The Bertz CT molecular complexity index is 433. The van der Waals surface area contributed by atoms with Crippen molar-refractivity contribution in [3.63, 3.8) is 0 Å². The number of aryl methyl sites for hydroxylation is 1. The highest BCUT2D eigenvalue weighted by Gasteiger charge is 2.21. The molecule has 0 aromatic heterocycles. The SMILES string of the molecule is Cc1ccc(C(C#N)N2CCNCC2)cc1Br. The van der Waals surface area contributed by atoms with Crippen molar-refractivity contribution in [2.24, 2.45) is 0 Å². The molecule has 3 nitrogen and oxygen atoms in total. The van der Waals surface area contributed by atoms with Gasteiger partial charge in [0, 0.05) is 30.7 Å². The summed E-state index contributed by atoms with van der Waals surface area (Å²) in [7, 11) is 0. The molecule has 0 aliphatic carbocycles. The van der Waals surface area contributed by atoms with Crippen LogP contribution in [0.15, 0.2) is 22.7 Å². The van der Waals surface area contributed by atoms with E-state index in [2.05, 4.69) is 57.3 Å². The summed E-state index contributed by atoms with van der Waals surface area (Å²) < 4.78 is 1.07. The predicted molar refractivity (Wildman–Crippen MR) is 71.7 cm³/mol. The molecule has 0 spiro atoms. The van der Waals surface area contributed by atoms with E-state index in [9.17, 15) is 5.26 Å². The number of hydrogen-bond donors (Lipinski definition) is 1. The van der Waals surface area contributed by atoms with Crippen LogP contribution in [-0.4, -0.2) is 31.1 Å². The van der Waals surface area contributed by atoms with Crippen molar-refractivity contribution in [3.05, 3.63) is 33.8 Å². The minimum Gasteiger partial charge on any atom is -0.314 e. The highest BCUT2D eigenvalue weighted by Crippen LogP contribution is 2.25. The fraction of sp³-hybridized carbons (Fsp3) is 0.462. The number of nitrogens with zero attached hydrogens (tertiary/aromatic N) is 2. The Labute approximate surface area is 111 Å². The molecule has 0 bridgehead atoms. The summed E-state index contributed by atoms with van der Waals surface area (Å²) in [5.41, 5.74) is 2.28. The van der Waals surface area contributed by atoms with Crippen molar-refractivity contribution in [1.82, 2.24) is 10.2 Å². The van der Waals surface area contributed by atoms with Crippen LogP contribution >= 0.6 is 15.9 Å². The zero-order chi connectivity index (χ0) is 12.3. The van der Waals surface area contributed by atoms with E-state index >= 15 is 0 Å². The van der Waals surface area contributed by atoms with E-state index in [-0.39, 0.29) is 6.04 Å². The summed E-state index contributed by atoms with van der Waals surface area (Å²) in [4.78, 5) is 2.23. The Kier molecular flexibility index (Phi) is 4.16. The van der Waals surface area contributed by atoms with E-state index in [0.29, 0.717) is 0 Å². The molecule has 0 radical (unpaired) electrons. The average molecular weight is 294 g/mol. The van der Waals surface area contributed by atoms with E-state index in [0.717, 1.165) is 36.2 Å². The second kappa shape index (κ2) is 5.63. The fourth-order valence-electron chi connectivity index (χ4n) is 2.09. The molecule has 1 N–H and O–H groups in total. The van der Waals surface area contributed by atoms with Gasteiger partial charge in [-0.2, -0.15) is 5.26 Å². The minimum absolute atomic E-state index is 0.131. The van der Waals surface area contributed by atoms with Gasteiger partial charge in [-0.3, -0.25) is 4.90 Å². The summed E-state index contributed by atoms with van der Waals surface area (Å²) >= 11 is 3.53. The van der Waals surface area contributed by atoms with Crippen molar-refractivity contribution in [1.29, 1.82) is 5.26 Å². The van der Waals surface area contributed by atoms with Crippen molar-refractivity contribution < 1.29 is 0 Å². The lowest BCUT2D eigenvalue weighted by molar-refractivity contribution is 0.207. The smallest absolute Gasteiger partial charge is 0.123 e. The molecule has 0 saturated carbocycles. The third-order valence-corrected chi connectivity index (χ3v) is 4.00. The first-order valence-corrected chi connectivity index (χ1v) is 6.62. The van der Waals surface area contributed by atoms with Crippen LogP contribution in [0.4, 0.5) is 0 Å². The summed E-state index contributed by atoms with van der Waals surface area (Å²) in [6.07, 6.45) is 0. The van der Waals surface area contributed by atoms with E-state index in [1.54, 1.807) is 0 Å². The first kappa shape index (κ1) is 12.6. The molecule has 1 aliphatic heterocycles. The second-order valence-corrected chi connectivity index (χ2v) is 5.18. The molecule has 1 saturated heterocycles. The van der Waals surface area contributed by atoms with Gasteiger partial charge in [-0.15, -0.1) is 0 Å². The molecule has 1 heterocycles. The van der Waals surface area contributed by atoms with Gasteiger partial charge in [0.1, 0.15) is 6.04 Å². The number of nitrogens with one attached hydrogen (secondary N) is 1. The number of halogens is 1. The third-order valence-electron chi connectivity index (χ3n) is 3.15. The van der Waals surface area contributed by atoms with Crippen molar-refractivity contribution >= 4 is 15.9 Å². The highest BCUT2D eigenvalue weighted by molar-refractivity contribution is 9.10. The van der Waals surface area contributed by atoms with Gasteiger partial charge in [-0.1, -0.05) is 28.1 Å². The van der Waals surface area contributed by atoms with Gasteiger partial charge in [0.2, 0.25) is 0 Å². The molecule has 1 unspecified atom stereocenters. The summed E-state index contributed by atoms with van der Waals surface area (Å²) in [6, 6.07) is 8.46. The van der Waals surface area contributed by atoms with E-state index in [1.165, 1.54) is 5.56 Å². The number of piperazine rings is 1. The topological polar surface area (TPSA) is 39.1 Å². The molecule has 4 heteroatoms. The number of benzene rings is 1. The lowest BCUT2D eigenvalue weighted by Crippen LogP contribution is -2.44. The molecule has 1 atom stereocenters. The Balaban J connectivity index is 2.22. The number of nitriles is 1. The quantitative estimate of drug-likeness (QED) is 0.909. The Morgan fingerprint density at radius 3 is 2.71 bits per heavy atom. The van der Waals surface area contributed by atoms with Crippen LogP contribution in [0.2, 0.25) is 0 Å². The third kappa shape index (κ3) is 2.86. The number of rotatable bonds is 2. The lowest BCUT2D eigenvalue weighted by atomic mass is 10.0. The van der Waals surface area contributed by atoms with Crippen molar-refractivity contribution in [2.75, 3.05) is 26.2 Å². The maximum atomic E-state index is 9.36. The normalized spacial score (nSPS) is 18.6. The van der Waals surface area contributed by atoms with Crippen LogP contribution < -0.4 is 5.32 Å². The van der Waals surface area contributed by atoms with Crippen LogP contribution in [0, 0.1) is 18.3 Å². The zero-order valence-electron chi connectivity index (χ0n) is 9.91. The fourth-order valence-corrected chi connectivity index (χ4v) is 2.48. The van der Waals surface area contributed by atoms with Gasteiger partial charge in [-0.25, -0.2) is 0 Å². The highest BCUT2D eigenvalue weighted by atomic mass is 79.9. The van der Waals surface area contributed by atoms with Crippen molar-refractivity contribution in [2.45, 2.75) is 13.0 Å². The molecule has 1 aromatic rings. The number of hydrogen-bond acceptors (Lipinski definition) is 3. The molecule has 1 aromatic carbocycles. The minimum atomic E-state index is -0.131. The molecule has 90 valence electrons. The largest absolute Gasteiger partial charge is 0.314 e. The Morgan fingerprint density at radius 1 is 1.41 bits per heavy atom.